The molecule has 2 N–H and O–H groups in total. The number of nitrogens with two attached hydrogens (primary N) is 1. The number of hydrogen-bond donors (Lipinski definition) is 1. The Labute approximate surface area is 114 Å². The van der Waals surface area contributed by atoms with Gasteiger partial charge in [-0.25, -0.2) is 9.67 Å². The molecule has 5 nitrogen and oxygen atoms in total. The lowest BCUT2D eigenvalue weighted by molar-refractivity contribution is 0.510. The molecule has 2 heterocycles. The van der Waals surface area contributed by atoms with Gasteiger partial charge < -0.3 is 5.73 Å². The standard InChI is InChI=1S/C14H25N5/c1-5-19-13-12(11(4)17-19)16-14(15)18(13)9-7-6-8-10(2)3/h10H,5-9H2,1-4H3,(H2,15,16). The van der Waals surface area contributed by atoms with Crippen molar-refractivity contribution in [2.75, 3.05) is 5.73 Å². The molecule has 2 aromatic rings. The monoisotopic (exact) mass is 263 g/mol. The Balaban J connectivity index is 2.19. The van der Waals surface area contributed by atoms with E-state index in [1.165, 1.54) is 12.8 Å². The molecule has 0 fully saturated rings. The fourth-order valence-electron chi connectivity index (χ4n) is 2.50. The number of nitrogens with zero attached hydrogens (tertiary/aromatic N) is 4. The molecule has 19 heavy (non-hydrogen) atoms. The number of aryl methyl sites for hydroxylation is 3. The largest absolute Gasteiger partial charge is 0.369 e. The third-order valence-corrected chi connectivity index (χ3v) is 3.54. The fraction of sp³-hybridized carbons (Fsp3) is 0.714. The molecule has 0 atom stereocenters. The highest BCUT2D eigenvalue weighted by Gasteiger charge is 2.16. The van der Waals surface area contributed by atoms with E-state index in [9.17, 15) is 0 Å². The highest BCUT2D eigenvalue weighted by atomic mass is 15.4. The molecule has 0 aliphatic heterocycles. The van der Waals surface area contributed by atoms with E-state index in [0.717, 1.165) is 42.3 Å². The smallest absolute Gasteiger partial charge is 0.202 e. The Bertz CT molecular complexity index is 550. The van der Waals surface area contributed by atoms with Crippen LogP contribution in [0, 0.1) is 12.8 Å². The summed E-state index contributed by atoms with van der Waals surface area (Å²) in [6.45, 7) is 10.4. The molecule has 2 aromatic heterocycles. The zero-order valence-electron chi connectivity index (χ0n) is 12.5. The predicted octanol–water partition coefficient (Wildman–Crippen LogP) is 2.97. The van der Waals surface area contributed by atoms with Gasteiger partial charge in [0, 0.05) is 13.1 Å². The molecule has 0 aliphatic rings. The van der Waals surface area contributed by atoms with Crippen LogP contribution in [0.1, 0.15) is 45.7 Å². The molecule has 0 saturated carbocycles. The van der Waals surface area contributed by atoms with E-state index in [0.29, 0.717) is 5.95 Å². The third-order valence-electron chi connectivity index (χ3n) is 3.54. The molecular weight excluding hydrogens is 238 g/mol. The van der Waals surface area contributed by atoms with Crippen LogP contribution < -0.4 is 5.73 Å². The molecule has 0 saturated heterocycles. The number of hydrogen-bond acceptors (Lipinski definition) is 3. The number of rotatable bonds is 6. The first-order valence-electron chi connectivity index (χ1n) is 7.23. The highest BCUT2D eigenvalue weighted by molar-refractivity contribution is 5.77. The van der Waals surface area contributed by atoms with Crippen molar-refractivity contribution in [1.29, 1.82) is 0 Å². The molecule has 5 heteroatoms. The number of fused-ring (bicyclic) bond motifs is 1. The number of anilines is 1. The van der Waals surface area contributed by atoms with Crippen LogP contribution in [0.5, 0.6) is 0 Å². The van der Waals surface area contributed by atoms with Crippen LogP contribution in [0.2, 0.25) is 0 Å². The van der Waals surface area contributed by atoms with Crippen molar-refractivity contribution in [1.82, 2.24) is 19.3 Å². The van der Waals surface area contributed by atoms with E-state index in [2.05, 4.69) is 35.4 Å². The van der Waals surface area contributed by atoms with Gasteiger partial charge in [0.1, 0.15) is 5.52 Å². The summed E-state index contributed by atoms with van der Waals surface area (Å²) in [6.07, 6.45) is 3.64. The van der Waals surface area contributed by atoms with Crippen molar-refractivity contribution < 1.29 is 0 Å². The number of unbranched alkanes of at least 4 members (excludes halogenated alkanes) is 1. The lowest BCUT2D eigenvalue weighted by Crippen LogP contribution is -2.08. The fourth-order valence-corrected chi connectivity index (χ4v) is 2.50. The summed E-state index contributed by atoms with van der Waals surface area (Å²) in [5.74, 6) is 1.38. The average molecular weight is 263 g/mol. The summed E-state index contributed by atoms with van der Waals surface area (Å²) >= 11 is 0. The van der Waals surface area contributed by atoms with Gasteiger partial charge in [-0.1, -0.05) is 26.7 Å². The van der Waals surface area contributed by atoms with Crippen LogP contribution in [0.25, 0.3) is 11.2 Å². The summed E-state index contributed by atoms with van der Waals surface area (Å²) in [7, 11) is 0. The lowest BCUT2D eigenvalue weighted by atomic mass is 10.1. The molecule has 2 rings (SSSR count). The third kappa shape index (κ3) is 2.74. The van der Waals surface area contributed by atoms with Gasteiger partial charge in [0.15, 0.2) is 5.65 Å². The minimum atomic E-state index is 0.613. The molecule has 0 unspecified atom stereocenters. The predicted molar refractivity (Wildman–Crippen MR) is 79.0 cm³/mol. The first-order valence-corrected chi connectivity index (χ1v) is 7.23. The van der Waals surface area contributed by atoms with Gasteiger partial charge in [-0.3, -0.25) is 4.57 Å². The van der Waals surface area contributed by atoms with Gasteiger partial charge >= 0.3 is 0 Å². The van der Waals surface area contributed by atoms with Crippen LogP contribution in [0.4, 0.5) is 5.95 Å². The summed E-state index contributed by atoms with van der Waals surface area (Å²) < 4.78 is 4.11. The summed E-state index contributed by atoms with van der Waals surface area (Å²) in [6, 6.07) is 0. The molecule has 0 spiro atoms. The van der Waals surface area contributed by atoms with Crippen LogP contribution in [-0.4, -0.2) is 19.3 Å². The van der Waals surface area contributed by atoms with Gasteiger partial charge in [-0.15, -0.1) is 0 Å². The Morgan fingerprint density at radius 2 is 2.00 bits per heavy atom. The normalized spacial score (nSPS) is 11.8. The molecule has 0 aromatic carbocycles. The molecule has 0 bridgehead atoms. The van der Waals surface area contributed by atoms with E-state index < -0.39 is 0 Å². The van der Waals surface area contributed by atoms with Crippen molar-refractivity contribution in [2.45, 2.75) is 60.0 Å². The number of nitrogen functional groups attached to an aromatic ring is 1. The second-order valence-electron chi connectivity index (χ2n) is 5.58. The molecular formula is C14H25N5. The topological polar surface area (TPSA) is 61.7 Å². The zero-order chi connectivity index (χ0) is 14.0. The van der Waals surface area contributed by atoms with Crippen LogP contribution in [-0.2, 0) is 13.1 Å². The zero-order valence-corrected chi connectivity index (χ0v) is 12.5. The Hall–Kier alpha value is -1.52. The second kappa shape index (κ2) is 5.63. The maximum atomic E-state index is 6.04. The molecule has 106 valence electrons. The van der Waals surface area contributed by atoms with Crippen molar-refractivity contribution in [3.63, 3.8) is 0 Å². The van der Waals surface area contributed by atoms with Crippen molar-refractivity contribution >= 4 is 17.1 Å². The van der Waals surface area contributed by atoms with Gasteiger partial charge in [0.2, 0.25) is 5.95 Å². The Kier molecular flexibility index (Phi) is 4.12. The number of imidazole rings is 1. The minimum absolute atomic E-state index is 0.613. The summed E-state index contributed by atoms with van der Waals surface area (Å²) in [4.78, 5) is 4.45. The van der Waals surface area contributed by atoms with E-state index >= 15 is 0 Å². The first-order chi connectivity index (χ1) is 9.04. The SMILES string of the molecule is CCn1nc(C)c2nc(N)n(CCCCC(C)C)c21. The van der Waals surface area contributed by atoms with E-state index in [1.807, 2.05) is 11.6 Å². The number of aromatic nitrogens is 4. The maximum absolute atomic E-state index is 6.04. The molecule has 0 amide bonds. The summed E-state index contributed by atoms with van der Waals surface area (Å²) in [5, 5.41) is 4.50. The Morgan fingerprint density at radius 1 is 1.26 bits per heavy atom. The Morgan fingerprint density at radius 3 is 2.63 bits per heavy atom. The first kappa shape index (κ1) is 13.9. The van der Waals surface area contributed by atoms with Gasteiger partial charge in [0.25, 0.3) is 0 Å². The van der Waals surface area contributed by atoms with Crippen molar-refractivity contribution in [3.8, 4) is 0 Å². The van der Waals surface area contributed by atoms with E-state index in [1.54, 1.807) is 0 Å². The molecule has 0 aliphatic carbocycles. The van der Waals surface area contributed by atoms with E-state index in [4.69, 9.17) is 5.73 Å². The van der Waals surface area contributed by atoms with E-state index in [-0.39, 0.29) is 0 Å². The quantitative estimate of drug-likeness (QED) is 0.815. The second-order valence-corrected chi connectivity index (χ2v) is 5.58. The maximum Gasteiger partial charge on any atom is 0.202 e. The lowest BCUT2D eigenvalue weighted by Gasteiger charge is -2.08. The highest BCUT2D eigenvalue weighted by Crippen LogP contribution is 2.22. The van der Waals surface area contributed by atoms with Gasteiger partial charge in [0.05, 0.1) is 5.69 Å². The van der Waals surface area contributed by atoms with Gasteiger partial charge in [-0.2, -0.15) is 5.10 Å². The minimum Gasteiger partial charge on any atom is -0.369 e. The van der Waals surface area contributed by atoms with Crippen LogP contribution >= 0.6 is 0 Å². The van der Waals surface area contributed by atoms with Gasteiger partial charge in [-0.05, 0) is 26.2 Å². The average Bonchev–Trinajstić information content (AvgIpc) is 2.83. The van der Waals surface area contributed by atoms with Crippen molar-refractivity contribution in [3.05, 3.63) is 5.69 Å². The van der Waals surface area contributed by atoms with Crippen molar-refractivity contribution in [2.24, 2.45) is 5.92 Å². The summed E-state index contributed by atoms with van der Waals surface area (Å²) in [5.41, 5.74) is 9.02. The molecule has 0 radical (unpaired) electrons. The van der Waals surface area contributed by atoms with Crippen LogP contribution in [0.15, 0.2) is 0 Å². The van der Waals surface area contributed by atoms with Crippen LogP contribution in [0.3, 0.4) is 0 Å².